The van der Waals surface area contributed by atoms with Gasteiger partial charge in [-0.15, -0.1) is 21.5 Å². The van der Waals surface area contributed by atoms with Gasteiger partial charge in [0.25, 0.3) is 5.91 Å². The zero-order valence-corrected chi connectivity index (χ0v) is 16.0. The number of aryl methyl sites for hydroxylation is 1. The Balaban J connectivity index is 1.72. The van der Waals surface area contributed by atoms with Gasteiger partial charge in [-0.2, -0.15) is 0 Å². The summed E-state index contributed by atoms with van der Waals surface area (Å²) in [7, 11) is 1.83. The van der Waals surface area contributed by atoms with E-state index in [1.54, 1.807) is 24.6 Å². The summed E-state index contributed by atoms with van der Waals surface area (Å²) < 4.78 is 7.11. The van der Waals surface area contributed by atoms with E-state index in [4.69, 9.17) is 10.2 Å². The van der Waals surface area contributed by atoms with Gasteiger partial charge in [-0.05, 0) is 31.4 Å². The number of nitrogens with one attached hydrogen (secondary N) is 1. The zero-order valence-electron chi connectivity index (χ0n) is 14.3. The first kappa shape index (κ1) is 18.2. The Morgan fingerprint density at radius 2 is 2.15 bits per heavy atom. The third-order valence-electron chi connectivity index (χ3n) is 3.75. The SMILES string of the molecule is Cc1occc1-c1nnc(S[C@H](C)C(=O)Nc2sccc2C(N)=O)n1C. The van der Waals surface area contributed by atoms with Crippen LogP contribution in [0.2, 0.25) is 0 Å². The number of hydrogen-bond donors (Lipinski definition) is 2. The van der Waals surface area contributed by atoms with Crippen LogP contribution in [0.5, 0.6) is 0 Å². The number of thioether (sulfide) groups is 1. The average Bonchev–Trinajstić information content (AvgIpc) is 3.29. The van der Waals surface area contributed by atoms with Crippen molar-refractivity contribution in [3.05, 3.63) is 35.1 Å². The highest BCUT2D eigenvalue weighted by molar-refractivity contribution is 8.00. The minimum atomic E-state index is -0.574. The van der Waals surface area contributed by atoms with E-state index < -0.39 is 11.2 Å². The molecule has 3 rings (SSSR count). The van der Waals surface area contributed by atoms with E-state index in [2.05, 4.69) is 15.5 Å². The Bertz CT molecular complexity index is 959. The second kappa shape index (κ2) is 7.34. The molecule has 0 aliphatic rings. The molecule has 0 fully saturated rings. The lowest BCUT2D eigenvalue weighted by atomic mass is 10.2. The molecule has 10 heteroatoms. The van der Waals surface area contributed by atoms with Crippen molar-refractivity contribution in [2.45, 2.75) is 24.3 Å². The Morgan fingerprint density at radius 1 is 1.38 bits per heavy atom. The summed E-state index contributed by atoms with van der Waals surface area (Å²) in [6.07, 6.45) is 1.60. The Kier molecular flexibility index (Phi) is 5.14. The van der Waals surface area contributed by atoms with Crippen LogP contribution in [-0.2, 0) is 11.8 Å². The molecule has 0 aliphatic heterocycles. The van der Waals surface area contributed by atoms with Crippen molar-refractivity contribution in [3.8, 4) is 11.4 Å². The van der Waals surface area contributed by atoms with Gasteiger partial charge < -0.3 is 20.0 Å². The number of nitrogens with zero attached hydrogens (tertiary/aromatic N) is 3. The third-order valence-corrected chi connectivity index (χ3v) is 5.72. The van der Waals surface area contributed by atoms with E-state index >= 15 is 0 Å². The highest BCUT2D eigenvalue weighted by Crippen LogP contribution is 2.29. The molecule has 0 spiro atoms. The van der Waals surface area contributed by atoms with Crippen molar-refractivity contribution in [1.29, 1.82) is 0 Å². The Labute approximate surface area is 157 Å². The lowest BCUT2D eigenvalue weighted by molar-refractivity contribution is -0.115. The van der Waals surface area contributed by atoms with Gasteiger partial charge in [0.2, 0.25) is 5.91 Å². The number of furan rings is 1. The number of primary amides is 1. The normalized spacial score (nSPS) is 12.1. The van der Waals surface area contributed by atoms with Crippen LogP contribution in [-0.4, -0.2) is 31.8 Å². The number of anilines is 1. The molecule has 3 N–H and O–H groups in total. The number of amides is 2. The zero-order chi connectivity index (χ0) is 18.8. The largest absolute Gasteiger partial charge is 0.469 e. The molecule has 3 aromatic heterocycles. The van der Waals surface area contributed by atoms with Gasteiger partial charge >= 0.3 is 0 Å². The van der Waals surface area contributed by atoms with Crippen LogP contribution in [0.3, 0.4) is 0 Å². The molecule has 0 radical (unpaired) electrons. The number of nitrogens with two attached hydrogens (primary N) is 1. The minimum absolute atomic E-state index is 0.246. The Morgan fingerprint density at radius 3 is 2.81 bits per heavy atom. The summed E-state index contributed by atoms with van der Waals surface area (Å²) in [5, 5.41) is 13.4. The van der Waals surface area contributed by atoms with Crippen molar-refractivity contribution in [1.82, 2.24) is 14.8 Å². The van der Waals surface area contributed by atoms with Gasteiger partial charge in [0.1, 0.15) is 10.8 Å². The molecule has 26 heavy (non-hydrogen) atoms. The lowest BCUT2D eigenvalue weighted by Crippen LogP contribution is -2.24. The summed E-state index contributed by atoms with van der Waals surface area (Å²) in [5.74, 6) is 0.597. The third kappa shape index (κ3) is 3.51. The number of carbonyl (C=O) groups is 2. The van der Waals surface area contributed by atoms with Gasteiger partial charge in [-0.1, -0.05) is 11.8 Å². The van der Waals surface area contributed by atoms with Crippen molar-refractivity contribution in [2.75, 3.05) is 5.32 Å². The molecule has 0 saturated heterocycles. The molecule has 0 aliphatic carbocycles. The second-order valence-electron chi connectivity index (χ2n) is 5.53. The fourth-order valence-electron chi connectivity index (χ4n) is 2.29. The van der Waals surface area contributed by atoms with E-state index in [0.717, 1.165) is 11.3 Å². The highest BCUT2D eigenvalue weighted by Gasteiger charge is 2.22. The molecule has 2 amide bonds. The summed E-state index contributed by atoms with van der Waals surface area (Å²) in [6.45, 7) is 3.61. The van der Waals surface area contributed by atoms with Crippen LogP contribution in [0.1, 0.15) is 23.0 Å². The molecule has 3 heterocycles. The quantitative estimate of drug-likeness (QED) is 0.624. The van der Waals surface area contributed by atoms with Crippen LogP contribution in [0.4, 0.5) is 5.00 Å². The summed E-state index contributed by atoms with van der Waals surface area (Å²) >= 11 is 2.52. The standard InChI is InChI=1S/C16H17N5O3S2/c1-8-10(4-6-24-8)13-19-20-16(21(13)3)26-9(2)14(23)18-15-11(12(17)22)5-7-25-15/h4-7,9H,1-3H3,(H2,17,22)(H,18,23)/t9-/m1/s1. The maximum absolute atomic E-state index is 12.4. The van der Waals surface area contributed by atoms with Gasteiger partial charge in [-0.3, -0.25) is 9.59 Å². The molecular weight excluding hydrogens is 374 g/mol. The van der Waals surface area contributed by atoms with Crippen LogP contribution in [0.15, 0.2) is 33.3 Å². The maximum Gasteiger partial charge on any atom is 0.251 e. The van der Waals surface area contributed by atoms with E-state index in [9.17, 15) is 9.59 Å². The number of thiophene rings is 1. The number of carbonyl (C=O) groups excluding carboxylic acids is 2. The molecule has 136 valence electrons. The van der Waals surface area contributed by atoms with E-state index in [-0.39, 0.29) is 5.91 Å². The molecule has 1 atom stereocenters. The fourth-order valence-corrected chi connectivity index (χ4v) is 3.90. The van der Waals surface area contributed by atoms with Crippen molar-refractivity contribution in [3.63, 3.8) is 0 Å². The first-order valence-corrected chi connectivity index (χ1v) is 9.43. The molecule has 0 saturated carbocycles. The highest BCUT2D eigenvalue weighted by atomic mass is 32.2. The summed E-state index contributed by atoms with van der Waals surface area (Å²) in [5.41, 5.74) is 6.46. The molecule has 0 unspecified atom stereocenters. The fraction of sp³-hybridized carbons (Fsp3) is 0.250. The van der Waals surface area contributed by atoms with Crippen molar-refractivity contribution in [2.24, 2.45) is 12.8 Å². The topological polar surface area (TPSA) is 116 Å². The average molecular weight is 391 g/mol. The number of aromatic nitrogens is 3. The smallest absolute Gasteiger partial charge is 0.251 e. The number of rotatable bonds is 6. The van der Waals surface area contributed by atoms with Crippen LogP contribution in [0, 0.1) is 6.92 Å². The maximum atomic E-state index is 12.4. The van der Waals surface area contributed by atoms with E-state index in [1.807, 2.05) is 24.6 Å². The van der Waals surface area contributed by atoms with E-state index in [0.29, 0.717) is 21.5 Å². The summed E-state index contributed by atoms with van der Waals surface area (Å²) in [6, 6.07) is 3.41. The van der Waals surface area contributed by atoms with E-state index in [1.165, 1.54) is 23.1 Å². The second-order valence-corrected chi connectivity index (χ2v) is 7.76. The van der Waals surface area contributed by atoms with Gasteiger partial charge in [0, 0.05) is 7.05 Å². The van der Waals surface area contributed by atoms with Crippen LogP contribution in [0.25, 0.3) is 11.4 Å². The van der Waals surface area contributed by atoms with Crippen molar-refractivity contribution < 1.29 is 14.0 Å². The van der Waals surface area contributed by atoms with Gasteiger partial charge in [0.15, 0.2) is 11.0 Å². The number of hydrogen-bond acceptors (Lipinski definition) is 7. The lowest BCUT2D eigenvalue weighted by Gasteiger charge is -2.11. The monoisotopic (exact) mass is 391 g/mol. The predicted octanol–water partition coefficient (Wildman–Crippen LogP) is 2.66. The van der Waals surface area contributed by atoms with Gasteiger partial charge in [-0.25, -0.2) is 0 Å². The Hall–Kier alpha value is -2.59. The predicted molar refractivity (Wildman–Crippen MR) is 100 cm³/mol. The van der Waals surface area contributed by atoms with Crippen LogP contribution >= 0.6 is 23.1 Å². The summed E-state index contributed by atoms with van der Waals surface area (Å²) in [4.78, 5) is 23.8. The van der Waals surface area contributed by atoms with Crippen LogP contribution < -0.4 is 11.1 Å². The first-order valence-electron chi connectivity index (χ1n) is 7.67. The molecule has 3 aromatic rings. The molecule has 0 bridgehead atoms. The molecule has 8 nitrogen and oxygen atoms in total. The minimum Gasteiger partial charge on any atom is -0.469 e. The first-order chi connectivity index (χ1) is 12.4. The van der Waals surface area contributed by atoms with Crippen molar-refractivity contribution >= 4 is 39.9 Å². The molecular formula is C16H17N5O3S2. The van der Waals surface area contributed by atoms with Gasteiger partial charge in [0.05, 0.1) is 22.6 Å². The molecule has 0 aromatic carbocycles.